The van der Waals surface area contributed by atoms with Crippen molar-refractivity contribution in [1.82, 2.24) is 26.2 Å². The molecule has 0 spiro atoms. The van der Waals surface area contributed by atoms with Crippen LogP contribution in [0.4, 0.5) is 13.2 Å². The molecule has 5 unspecified atom stereocenters. The van der Waals surface area contributed by atoms with Crippen molar-refractivity contribution in [2.24, 2.45) is 0 Å². The molecule has 2 heterocycles. The van der Waals surface area contributed by atoms with Gasteiger partial charge in [0.1, 0.15) is 19.2 Å². The summed E-state index contributed by atoms with van der Waals surface area (Å²) >= 11 is 0. The van der Waals surface area contributed by atoms with E-state index in [4.69, 9.17) is 9.47 Å². The number of nitrogens with one attached hydrogen (secondary N) is 4. The third kappa shape index (κ3) is 6.79. The van der Waals surface area contributed by atoms with E-state index in [2.05, 4.69) is 33.1 Å². The molecule has 3 fully saturated rings. The lowest BCUT2D eigenvalue weighted by molar-refractivity contribution is -0.202. The van der Waals surface area contributed by atoms with Gasteiger partial charge < -0.3 is 9.47 Å². The van der Waals surface area contributed by atoms with Gasteiger partial charge in [0.25, 0.3) is 0 Å². The van der Waals surface area contributed by atoms with Crippen molar-refractivity contribution in [2.45, 2.75) is 95.2 Å². The summed E-state index contributed by atoms with van der Waals surface area (Å²) in [4.78, 5) is 2.17. The second-order valence-electron chi connectivity index (χ2n) is 8.15. The van der Waals surface area contributed by atoms with Crippen molar-refractivity contribution in [2.75, 3.05) is 20.2 Å². The van der Waals surface area contributed by atoms with Gasteiger partial charge in [0.15, 0.2) is 6.35 Å². The van der Waals surface area contributed by atoms with Gasteiger partial charge in [-0.15, -0.1) is 0 Å². The van der Waals surface area contributed by atoms with Crippen molar-refractivity contribution in [3.8, 4) is 0 Å². The Bertz CT molecular complexity index is 479. The van der Waals surface area contributed by atoms with Crippen LogP contribution >= 0.6 is 0 Å². The van der Waals surface area contributed by atoms with Gasteiger partial charge in [0.2, 0.25) is 0 Å². The van der Waals surface area contributed by atoms with Crippen LogP contribution < -0.4 is 21.3 Å². The van der Waals surface area contributed by atoms with E-state index in [0.29, 0.717) is 12.6 Å². The number of hydrogen-bond donors (Lipinski definition) is 4. The highest BCUT2D eigenvalue weighted by Gasteiger charge is 2.36. The second-order valence-corrected chi connectivity index (χ2v) is 8.15. The lowest BCUT2D eigenvalue weighted by Crippen LogP contribution is -2.76. The van der Waals surface area contributed by atoms with Gasteiger partial charge in [0, 0.05) is 12.6 Å². The summed E-state index contributed by atoms with van der Waals surface area (Å²) in [5.41, 5.74) is 0. The Labute approximate surface area is 165 Å². The number of nitrogens with zero attached hydrogens (tertiary/aromatic N) is 1. The third-order valence-corrected chi connectivity index (χ3v) is 5.79. The molecule has 164 valence electrons. The molecule has 10 heteroatoms. The summed E-state index contributed by atoms with van der Waals surface area (Å²) in [5, 5.41) is 12.8. The summed E-state index contributed by atoms with van der Waals surface area (Å²) in [7, 11) is 2.01. The molecular formula is C18H34F3N5O2. The maximum absolute atomic E-state index is 12.6. The highest BCUT2D eigenvalue weighted by molar-refractivity contribution is 4.84. The van der Waals surface area contributed by atoms with Crippen LogP contribution in [0.15, 0.2) is 0 Å². The molecular weight excluding hydrogens is 375 g/mol. The van der Waals surface area contributed by atoms with Gasteiger partial charge in [-0.1, -0.05) is 19.3 Å². The van der Waals surface area contributed by atoms with Gasteiger partial charge >= 0.3 is 6.18 Å². The van der Waals surface area contributed by atoms with E-state index >= 15 is 0 Å². The van der Waals surface area contributed by atoms with Crippen LogP contribution in [-0.2, 0) is 9.47 Å². The summed E-state index contributed by atoms with van der Waals surface area (Å²) in [6, 6.07) is 0.403. The fourth-order valence-electron chi connectivity index (χ4n) is 4.21. The number of alkyl halides is 3. The molecule has 0 amide bonds. The van der Waals surface area contributed by atoms with Crippen molar-refractivity contribution in [3.63, 3.8) is 0 Å². The van der Waals surface area contributed by atoms with Crippen molar-refractivity contribution < 1.29 is 22.6 Å². The van der Waals surface area contributed by atoms with Gasteiger partial charge in [-0.2, -0.15) is 13.2 Å². The second kappa shape index (κ2) is 10.0. The van der Waals surface area contributed by atoms with E-state index in [-0.39, 0.29) is 24.8 Å². The number of halogens is 3. The van der Waals surface area contributed by atoms with Gasteiger partial charge in [-0.25, -0.2) is 0 Å². The van der Waals surface area contributed by atoms with Crippen LogP contribution in [0.3, 0.4) is 0 Å². The average molecular weight is 409 g/mol. The van der Waals surface area contributed by atoms with Gasteiger partial charge in [0.05, 0.1) is 12.2 Å². The van der Waals surface area contributed by atoms with Crippen molar-refractivity contribution in [3.05, 3.63) is 0 Å². The first-order valence-electron chi connectivity index (χ1n) is 10.4. The third-order valence-electron chi connectivity index (χ3n) is 5.79. The summed E-state index contributed by atoms with van der Waals surface area (Å²) in [6.07, 6.45) is 2.29. The van der Waals surface area contributed by atoms with Gasteiger partial charge in [-0.05, 0) is 39.7 Å². The van der Waals surface area contributed by atoms with Crippen LogP contribution in [-0.4, -0.2) is 68.5 Å². The van der Waals surface area contributed by atoms with Crippen LogP contribution in [0.25, 0.3) is 0 Å². The fraction of sp³-hybridized carbons (Fsp3) is 1.00. The Morgan fingerprint density at radius 2 is 1.82 bits per heavy atom. The minimum atomic E-state index is -4.37. The number of ether oxygens (including phenoxy) is 2. The van der Waals surface area contributed by atoms with E-state index < -0.39 is 19.1 Å². The highest BCUT2D eigenvalue weighted by Crippen LogP contribution is 2.23. The fourth-order valence-corrected chi connectivity index (χ4v) is 4.21. The van der Waals surface area contributed by atoms with Crippen molar-refractivity contribution >= 4 is 0 Å². The van der Waals surface area contributed by atoms with Crippen LogP contribution in [0, 0.1) is 0 Å². The quantitative estimate of drug-likeness (QED) is 0.510. The standard InChI is InChI=1S/C18H34F3N5O2/c1-12-8-9-14(28-12)10-22-15-23-16(26(2)13-6-4-3-5-7-13)25-17(24-15)27-11-18(19,20)21/h12-17,22-25H,3-11H2,1-2H3. The zero-order valence-electron chi connectivity index (χ0n) is 16.7. The normalized spacial score (nSPS) is 35.6. The predicted molar refractivity (Wildman–Crippen MR) is 99.0 cm³/mol. The monoisotopic (exact) mass is 409 g/mol. The molecule has 0 bridgehead atoms. The molecule has 0 aromatic rings. The molecule has 0 aromatic carbocycles. The summed E-state index contributed by atoms with van der Waals surface area (Å²) < 4.78 is 48.7. The lowest BCUT2D eigenvalue weighted by Gasteiger charge is -2.45. The first kappa shape index (κ1) is 22.2. The molecule has 2 aliphatic heterocycles. The van der Waals surface area contributed by atoms with E-state index in [1.54, 1.807) is 0 Å². The van der Waals surface area contributed by atoms with Crippen molar-refractivity contribution in [1.29, 1.82) is 0 Å². The maximum atomic E-state index is 12.6. The molecule has 3 aliphatic rings. The largest absolute Gasteiger partial charge is 0.411 e. The molecule has 4 N–H and O–H groups in total. The lowest BCUT2D eigenvalue weighted by atomic mass is 9.94. The van der Waals surface area contributed by atoms with Gasteiger partial charge in [-0.3, -0.25) is 26.2 Å². The minimum Gasteiger partial charge on any atom is -0.374 e. The number of hydrogen-bond acceptors (Lipinski definition) is 7. The Morgan fingerprint density at radius 3 is 2.46 bits per heavy atom. The first-order chi connectivity index (χ1) is 13.3. The smallest absolute Gasteiger partial charge is 0.374 e. The van der Waals surface area contributed by atoms with Crippen LogP contribution in [0.1, 0.15) is 51.9 Å². The molecule has 3 rings (SSSR count). The molecule has 1 aliphatic carbocycles. The summed E-state index contributed by atoms with van der Waals surface area (Å²) in [5.74, 6) is 0. The molecule has 28 heavy (non-hydrogen) atoms. The SMILES string of the molecule is CC1CCC(CNC2NC(OCC(F)(F)F)NC(N(C)C3CCCCC3)N2)O1. The zero-order chi connectivity index (χ0) is 20.1. The summed E-state index contributed by atoms with van der Waals surface area (Å²) in [6.45, 7) is 1.38. The molecule has 0 aromatic heterocycles. The maximum Gasteiger partial charge on any atom is 0.411 e. The Balaban J connectivity index is 1.56. The topological polar surface area (TPSA) is 69.8 Å². The highest BCUT2D eigenvalue weighted by atomic mass is 19.4. The molecule has 5 atom stereocenters. The molecule has 7 nitrogen and oxygen atoms in total. The molecule has 2 saturated heterocycles. The number of rotatable bonds is 7. The first-order valence-corrected chi connectivity index (χ1v) is 10.4. The Morgan fingerprint density at radius 1 is 1.07 bits per heavy atom. The van der Waals surface area contributed by atoms with E-state index in [9.17, 15) is 13.2 Å². The Kier molecular flexibility index (Phi) is 7.94. The zero-order valence-corrected chi connectivity index (χ0v) is 16.7. The van der Waals surface area contributed by atoms with Crippen LogP contribution in [0.5, 0.6) is 0 Å². The Hall–Kier alpha value is -0.490. The molecule has 1 saturated carbocycles. The minimum absolute atomic E-state index is 0.123. The van der Waals surface area contributed by atoms with E-state index in [1.165, 1.54) is 19.3 Å². The predicted octanol–water partition coefficient (Wildman–Crippen LogP) is 1.62. The van der Waals surface area contributed by atoms with E-state index in [1.807, 2.05) is 7.05 Å². The van der Waals surface area contributed by atoms with Crippen LogP contribution in [0.2, 0.25) is 0 Å². The average Bonchev–Trinajstić information content (AvgIpc) is 3.09. The van der Waals surface area contributed by atoms with E-state index in [0.717, 1.165) is 25.7 Å². The molecule has 0 radical (unpaired) electrons.